The Hall–Kier alpha value is -1.02. The minimum atomic E-state index is -4.45. The molecule has 0 aromatic heterocycles. The van der Waals surface area contributed by atoms with Gasteiger partial charge in [0.2, 0.25) is 0 Å². The van der Waals surface area contributed by atoms with Crippen LogP contribution in [0, 0.1) is 0 Å². The molecule has 0 N–H and O–H groups in total. The first kappa shape index (κ1) is 17.0. The molecule has 1 aliphatic rings. The van der Waals surface area contributed by atoms with E-state index in [9.17, 15) is 18.0 Å². The number of nitrogens with zero attached hydrogens (tertiary/aromatic N) is 2. The van der Waals surface area contributed by atoms with E-state index in [0.717, 1.165) is 4.90 Å². The third-order valence-corrected chi connectivity index (χ3v) is 3.32. The Balaban J connectivity index is 2.85. The number of halogens is 3. The van der Waals surface area contributed by atoms with Crippen molar-refractivity contribution in [1.29, 1.82) is 0 Å². The molecule has 0 aliphatic carbocycles. The topological polar surface area (TPSA) is 42.0 Å². The van der Waals surface area contributed by atoms with Gasteiger partial charge in [0, 0.05) is 20.8 Å². The maximum atomic E-state index is 13.0. The third kappa shape index (κ3) is 3.99. The van der Waals surface area contributed by atoms with Gasteiger partial charge in [-0.2, -0.15) is 13.2 Å². The summed E-state index contributed by atoms with van der Waals surface area (Å²) in [5.74, 6) is 0. The van der Waals surface area contributed by atoms with Gasteiger partial charge in [-0.05, 0) is 13.8 Å². The zero-order chi connectivity index (χ0) is 15.6. The Morgan fingerprint density at radius 2 is 1.90 bits per heavy atom. The molecule has 118 valence electrons. The zero-order valence-corrected chi connectivity index (χ0v) is 12.2. The fourth-order valence-electron chi connectivity index (χ4n) is 2.08. The summed E-state index contributed by atoms with van der Waals surface area (Å²) in [6.45, 7) is 3.17. The lowest BCUT2D eigenvalue weighted by Crippen LogP contribution is -2.45. The monoisotopic (exact) mass is 298 g/mol. The first-order chi connectivity index (χ1) is 9.12. The van der Waals surface area contributed by atoms with Crippen LogP contribution in [0.3, 0.4) is 0 Å². The smallest absolute Gasteiger partial charge is 0.383 e. The van der Waals surface area contributed by atoms with E-state index < -0.39 is 23.9 Å². The molecule has 1 fully saturated rings. The molecule has 5 nitrogen and oxygen atoms in total. The normalized spacial score (nSPS) is 20.9. The minimum absolute atomic E-state index is 0.0693. The second-order valence-corrected chi connectivity index (χ2v) is 5.37. The molecule has 1 rings (SSSR count). The average molecular weight is 298 g/mol. The van der Waals surface area contributed by atoms with Crippen LogP contribution >= 0.6 is 0 Å². The number of hydrogen-bond donors (Lipinski definition) is 0. The summed E-state index contributed by atoms with van der Waals surface area (Å²) in [5, 5.41) is 0. The molecular formula is C12H21F3N2O3. The number of amides is 2. The van der Waals surface area contributed by atoms with Crippen molar-refractivity contribution in [2.24, 2.45) is 0 Å². The Labute approximate surface area is 116 Å². The van der Waals surface area contributed by atoms with Crippen molar-refractivity contribution in [3.8, 4) is 0 Å². The minimum Gasteiger partial charge on any atom is -0.383 e. The molecule has 1 atom stereocenters. The van der Waals surface area contributed by atoms with Gasteiger partial charge in [-0.15, -0.1) is 0 Å². The van der Waals surface area contributed by atoms with Crippen molar-refractivity contribution in [1.82, 2.24) is 9.80 Å². The van der Waals surface area contributed by atoms with Crippen LogP contribution in [0.25, 0.3) is 0 Å². The number of rotatable bonds is 6. The lowest BCUT2D eigenvalue weighted by Gasteiger charge is -2.28. The molecule has 1 aliphatic heterocycles. The molecule has 1 saturated heterocycles. The summed E-state index contributed by atoms with van der Waals surface area (Å²) in [4.78, 5) is 14.1. The number of carbonyl (C=O) groups excluding carboxylic acids is 1. The Morgan fingerprint density at radius 3 is 2.35 bits per heavy atom. The third-order valence-electron chi connectivity index (χ3n) is 3.32. The van der Waals surface area contributed by atoms with E-state index in [-0.39, 0.29) is 26.2 Å². The molecule has 0 aromatic carbocycles. The maximum Gasteiger partial charge on any atom is 0.410 e. The number of carbonyl (C=O) groups is 1. The summed E-state index contributed by atoms with van der Waals surface area (Å²) in [6.07, 6.45) is -4.45. The SMILES string of the molecule is COCCN1C(=O)N(CC(C)(C)OC)CC1C(F)(F)F. The van der Waals surface area contributed by atoms with Crippen molar-refractivity contribution >= 4 is 6.03 Å². The van der Waals surface area contributed by atoms with Gasteiger partial charge in [-0.3, -0.25) is 0 Å². The number of hydrogen-bond acceptors (Lipinski definition) is 3. The standard InChI is InChI=1S/C12H21F3N2O3/c1-11(2,20-4)8-16-7-9(12(13,14)15)17(10(16)18)5-6-19-3/h9H,5-8H2,1-4H3. The highest BCUT2D eigenvalue weighted by atomic mass is 19.4. The number of urea groups is 1. The van der Waals surface area contributed by atoms with Gasteiger partial charge >= 0.3 is 12.2 Å². The fourth-order valence-corrected chi connectivity index (χ4v) is 2.08. The highest BCUT2D eigenvalue weighted by Gasteiger charge is 2.52. The van der Waals surface area contributed by atoms with Crippen LogP contribution in [0.5, 0.6) is 0 Å². The van der Waals surface area contributed by atoms with Gasteiger partial charge in [0.15, 0.2) is 0 Å². The van der Waals surface area contributed by atoms with Crippen molar-refractivity contribution in [3.05, 3.63) is 0 Å². The van der Waals surface area contributed by atoms with Gasteiger partial charge in [-0.25, -0.2) is 4.79 Å². The quantitative estimate of drug-likeness (QED) is 0.750. The molecule has 1 heterocycles. The largest absolute Gasteiger partial charge is 0.410 e. The highest BCUT2D eigenvalue weighted by Crippen LogP contribution is 2.31. The van der Waals surface area contributed by atoms with Crippen LogP contribution in [0.1, 0.15) is 13.8 Å². The summed E-state index contributed by atoms with van der Waals surface area (Å²) in [6, 6.07) is -2.42. The average Bonchev–Trinajstić information content (AvgIpc) is 2.64. The second-order valence-electron chi connectivity index (χ2n) is 5.37. The molecule has 8 heteroatoms. The predicted octanol–water partition coefficient (Wildman–Crippen LogP) is 1.73. The van der Waals surface area contributed by atoms with E-state index >= 15 is 0 Å². The Bertz CT molecular complexity index is 347. The van der Waals surface area contributed by atoms with Crippen molar-refractivity contribution < 1.29 is 27.4 Å². The molecule has 0 saturated carbocycles. The predicted molar refractivity (Wildman–Crippen MR) is 66.5 cm³/mol. The zero-order valence-electron chi connectivity index (χ0n) is 12.2. The van der Waals surface area contributed by atoms with Crippen molar-refractivity contribution in [2.75, 3.05) is 40.5 Å². The van der Waals surface area contributed by atoms with Gasteiger partial charge in [0.1, 0.15) is 6.04 Å². The molecule has 0 aromatic rings. The summed E-state index contributed by atoms with van der Waals surface area (Å²) < 4.78 is 49.0. The van der Waals surface area contributed by atoms with Gasteiger partial charge < -0.3 is 19.3 Å². The van der Waals surface area contributed by atoms with E-state index in [0.29, 0.717) is 0 Å². The summed E-state index contributed by atoms with van der Waals surface area (Å²) >= 11 is 0. The maximum absolute atomic E-state index is 13.0. The van der Waals surface area contributed by atoms with Gasteiger partial charge in [0.25, 0.3) is 0 Å². The molecule has 0 spiro atoms. The Kier molecular flexibility index (Phi) is 5.26. The molecule has 20 heavy (non-hydrogen) atoms. The lowest BCUT2D eigenvalue weighted by molar-refractivity contribution is -0.170. The first-order valence-corrected chi connectivity index (χ1v) is 6.28. The van der Waals surface area contributed by atoms with E-state index in [1.165, 1.54) is 19.1 Å². The van der Waals surface area contributed by atoms with E-state index in [4.69, 9.17) is 9.47 Å². The van der Waals surface area contributed by atoms with Crippen LogP contribution in [-0.2, 0) is 9.47 Å². The number of alkyl halides is 3. The van der Waals surface area contributed by atoms with Gasteiger partial charge in [-0.1, -0.05) is 0 Å². The van der Waals surface area contributed by atoms with Gasteiger partial charge in [0.05, 0.1) is 25.3 Å². The van der Waals surface area contributed by atoms with Crippen molar-refractivity contribution in [3.63, 3.8) is 0 Å². The second kappa shape index (κ2) is 6.17. The lowest BCUT2D eigenvalue weighted by atomic mass is 10.1. The Morgan fingerprint density at radius 1 is 1.30 bits per heavy atom. The molecule has 1 unspecified atom stereocenters. The van der Waals surface area contributed by atoms with Crippen LogP contribution in [-0.4, -0.2) is 74.1 Å². The van der Waals surface area contributed by atoms with E-state index in [2.05, 4.69) is 0 Å². The van der Waals surface area contributed by atoms with Crippen LogP contribution in [0.15, 0.2) is 0 Å². The number of ether oxygens (including phenoxy) is 2. The highest BCUT2D eigenvalue weighted by molar-refractivity contribution is 5.77. The molecule has 0 radical (unpaired) electrons. The first-order valence-electron chi connectivity index (χ1n) is 6.28. The van der Waals surface area contributed by atoms with Crippen molar-refractivity contribution in [2.45, 2.75) is 31.7 Å². The molecule has 0 bridgehead atoms. The van der Waals surface area contributed by atoms with Crippen LogP contribution in [0.4, 0.5) is 18.0 Å². The van der Waals surface area contributed by atoms with E-state index in [1.807, 2.05) is 0 Å². The molecule has 2 amide bonds. The summed E-state index contributed by atoms with van der Waals surface area (Å²) in [5.41, 5.74) is -0.691. The molecular weight excluding hydrogens is 277 g/mol. The van der Waals surface area contributed by atoms with E-state index in [1.54, 1.807) is 13.8 Å². The number of methoxy groups -OCH3 is 2. The van der Waals surface area contributed by atoms with Crippen LogP contribution < -0.4 is 0 Å². The van der Waals surface area contributed by atoms with Crippen LogP contribution in [0.2, 0.25) is 0 Å². The summed E-state index contributed by atoms with van der Waals surface area (Å²) in [7, 11) is 2.85. The fraction of sp³-hybridized carbons (Fsp3) is 0.917.